The molecule has 1 saturated heterocycles. The normalized spacial score (nSPS) is 15.2. The molecule has 2 nitrogen and oxygen atoms in total. The van der Waals surface area contributed by atoms with E-state index in [0.717, 1.165) is 32.4 Å². The molecule has 0 atom stereocenters. The summed E-state index contributed by atoms with van der Waals surface area (Å²) in [6, 6.07) is 0. The van der Waals surface area contributed by atoms with Crippen molar-refractivity contribution in [3.8, 4) is 0 Å². The number of nitrogens with zero attached hydrogens (tertiary/aromatic N) is 1. The predicted octanol–water partition coefficient (Wildman–Crippen LogP) is 6.98. The molecule has 1 fully saturated rings. The fraction of sp³-hybridized carbons (Fsp3) is 0.708. The van der Waals surface area contributed by atoms with Crippen LogP contribution in [0.5, 0.6) is 0 Å². The smallest absolute Gasteiger partial charge is 0.246 e. The molecule has 0 aromatic rings. The molecule has 1 heterocycles. The van der Waals surface area contributed by atoms with E-state index in [1.807, 2.05) is 17.1 Å². The molecule has 1 aliphatic rings. The predicted molar refractivity (Wildman–Crippen MR) is 114 cm³/mol. The number of unbranched alkanes of at least 4 members (excludes halogenated alkanes) is 10. The van der Waals surface area contributed by atoms with Gasteiger partial charge in [-0.15, -0.1) is 0 Å². The van der Waals surface area contributed by atoms with Gasteiger partial charge in [-0.05, 0) is 51.4 Å². The summed E-state index contributed by atoms with van der Waals surface area (Å²) >= 11 is 0. The monoisotopic (exact) mass is 359 g/mol. The average Bonchev–Trinajstić information content (AvgIpc) is 3.19. The van der Waals surface area contributed by atoms with Crippen LogP contribution in [0.2, 0.25) is 0 Å². The van der Waals surface area contributed by atoms with Crippen LogP contribution in [0.1, 0.15) is 96.8 Å². The Morgan fingerprint density at radius 2 is 1.27 bits per heavy atom. The van der Waals surface area contributed by atoms with E-state index in [9.17, 15) is 4.79 Å². The maximum atomic E-state index is 11.8. The van der Waals surface area contributed by atoms with E-state index in [1.54, 1.807) is 6.08 Å². The minimum absolute atomic E-state index is 0.169. The van der Waals surface area contributed by atoms with Crippen LogP contribution in [-0.4, -0.2) is 23.9 Å². The minimum atomic E-state index is 0.169. The topological polar surface area (TPSA) is 20.3 Å². The Labute approximate surface area is 162 Å². The summed E-state index contributed by atoms with van der Waals surface area (Å²) in [4.78, 5) is 13.7. The first-order valence-electron chi connectivity index (χ1n) is 11.1. The summed E-state index contributed by atoms with van der Waals surface area (Å²) in [5, 5.41) is 0. The van der Waals surface area contributed by atoms with Crippen LogP contribution in [-0.2, 0) is 4.79 Å². The molecule has 0 aromatic heterocycles. The second-order valence-corrected chi connectivity index (χ2v) is 7.49. The van der Waals surface area contributed by atoms with Crippen LogP contribution >= 0.6 is 0 Å². The molecule has 148 valence electrons. The molecule has 0 aliphatic carbocycles. The highest BCUT2D eigenvalue weighted by Crippen LogP contribution is 2.10. The first kappa shape index (κ1) is 22.7. The zero-order valence-corrected chi connectivity index (χ0v) is 17.1. The molecule has 0 unspecified atom stereocenters. The summed E-state index contributed by atoms with van der Waals surface area (Å²) in [5.41, 5.74) is 0. The van der Waals surface area contributed by atoms with Crippen molar-refractivity contribution in [2.75, 3.05) is 13.1 Å². The quantitative estimate of drug-likeness (QED) is 0.134. The lowest BCUT2D eigenvalue weighted by Gasteiger charge is -2.11. The number of carbonyl (C=O) groups is 1. The SMILES string of the molecule is CCCCC/C=C\CCCCCCCC/C=C/C=C/C(=O)N1CCCC1. The Hall–Kier alpha value is -1.31. The van der Waals surface area contributed by atoms with Gasteiger partial charge >= 0.3 is 0 Å². The molecule has 0 radical (unpaired) electrons. The standard InChI is InChI=1S/C24H41NO/c1-2-3-4-5-6-7-8-9-10-11-12-13-14-15-16-17-18-21-24(26)25-22-19-20-23-25/h6-7,16-18,21H,2-5,8-15,19-20,22-23H2,1H3/b7-6-,17-16+,21-18+. The maximum Gasteiger partial charge on any atom is 0.246 e. The molecule has 0 bridgehead atoms. The number of hydrogen-bond acceptors (Lipinski definition) is 1. The van der Waals surface area contributed by atoms with Gasteiger partial charge in [0.2, 0.25) is 5.91 Å². The first-order chi connectivity index (χ1) is 12.8. The van der Waals surface area contributed by atoms with Gasteiger partial charge in [0.1, 0.15) is 0 Å². The van der Waals surface area contributed by atoms with Crippen molar-refractivity contribution in [1.82, 2.24) is 4.90 Å². The van der Waals surface area contributed by atoms with Crippen LogP contribution in [0.15, 0.2) is 36.5 Å². The van der Waals surface area contributed by atoms with Gasteiger partial charge in [-0.25, -0.2) is 0 Å². The molecule has 2 heteroatoms. The van der Waals surface area contributed by atoms with Gasteiger partial charge in [0, 0.05) is 19.2 Å². The third-order valence-corrected chi connectivity index (χ3v) is 5.04. The van der Waals surface area contributed by atoms with Crippen LogP contribution < -0.4 is 0 Å². The van der Waals surface area contributed by atoms with E-state index in [1.165, 1.54) is 70.6 Å². The van der Waals surface area contributed by atoms with Gasteiger partial charge in [-0.3, -0.25) is 4.79 Å². The van der Waals surface area contributed by atoms with Crippen LogP contribution in [0.4, 0.5) is 0 Å². The van der Waals surface area contributed by atoms with Crippen LogP contribution in [0.3, 0.4) is 0 Å². The Bertz CT molecular complexity index is 416. The molecule has 0 N–H and O–H groups in total. The molecule has 1 aliphatic heterocycles. The van der Waals surface area contributed by atoms with E-state index in [2.05, 4.69) is 25.2 Å². The lowest BCUT2D eigenvalue weighted by molar-refractivity contribution is -0.124. The Balaban J connectivity index is 1.83. The molecular formula is C24H41NO. The summed E-state index contributed by atoms with van der Waals surface area (Å²) in [6.07, 6.45) is 30.6. The van der Waals surface area contributed by atoms with Gasteiger partial charge in [-0.2, -0.15) is 0 Å². The number of hydrogen-bond donors (Lipinski definition) is 0. The highest BCUT2D eigenvalue weighted by Gasteiger charge is 2.14. The molecule has 0 aromatic carbocycles. The van der Waals surface area contributed by atoms with E-state index < -0.39 is 0 Å². The van der Waals surface area contributed by atoms with Gasteiger partial charge < -0.3 is 4.90 Å². The van der Waals surface area contributed by atoms with Crippen molar-refractivity contribution < 1.29 is 4.79 Å². The summed E-state index contributed by atoms with van der Waals surface area (Å²) < 4.78 is 0. The Morgan fingerprint density at radius 3 is 1.88 bits per heavy atom. The van der Waals surface area contributed by atoms with Gasteiger partial charge in [0.15, 0.2) is 0 Å². The second-order valence-electron chi connectivity index (χ2n) is 7.49. The Kier molecular flexibility index (Phi) is 15.0. The maximum absolute atomic E-state index is 11.8. The fourth-order valence-corrected chi connectivity index (χ4v) is 3.33. The van der Waals surface area contributed by atoms with Crippen molar-refractivity contribution in [2.45, 2.75) is 96.8 Å². The van der Waals surface area contributed by atoms with Crippen molar-refractivity contribution in [1.29, 1.82) is 0 Å². The van der Waals surface area contributed by atoms with Crippen LogP contribution in [0, 0.1) is 0 Å². The molecule has 0 saturated carbocycles. The number of likely N-dealkylation sites (tertiary alicyclic amines) is 1. The van der Waals surface area contributed by atoms with Crippen molar-refractivity contribution in [2.24, 2.45) is 0 Å². The molecule has 1 rings (SSSR count). The largest absolute Gasteiger partial charge is 0.339 e. The van der Waals surface area contributed by atoms with E-state index in [0.29, 0.717) is 0 Å². The van der Waals surface area contributed by atoms with Gasteiger partial charge in [0.05, 0.1) is 0 Å². The average molecular weight is 360 g/mol. The first-order valence-corrected chi connectivity index (χ1v) is 11.1. The van der Waals surface area contributed by atoms with E-state index >= 15 is 0 Å². The zero-order chi connectivity index (χ0) is 18.7. The lowest BCUT2D eigenvalue weighted by atomic mass is 10.1. The van der Waals surface area contributed by atoms with E-state index in [4.69, 9.17) is 0 Å². The zero-order valence-electron chi connectivity index (χ0n) is 17.1. The number of rotatable bonds is 15. The molecule has 0 spiro atoms. The van der Waals surface area contributed by atoms with Gasteiger partial charge in [-0.1, -0.05) is 75.8 Å². The number of carbonyl (C=O) groups excluding carboxylic acids is 1. The number of allylic oxidation sites excluding steroid dienone is 5. The summed E-state index contributed by atoms with van der Waals surface area (Å²) in [7, 11) is 0. The fourth-order valence-electron chi connectivity index (χ4n) is 3.33. The van der Waals surface area contributed by atoms with Crippen molar-refractivity contribution >= 4 is 5.91 Å². The lowest BCUT2D eigenvalue weighted by Crippen LogP contribution is -2.25. The second kappa shape index (κ2) is 17.1. The van der Waals surface area contributed by atoms with Gasteiger partial charge in [0.25, 0.3) is 0 Å². The third kappa shape index (κ3) is 13.0. The molecule has 26 heavy (non-hydrogen) atoms. The third-order valence-electron chi connectivity index (χ3n) is 5.04. The number of amides is 1. The van der Waals surface area contributed by atoms with E-state index in [-0.39, 0.29) is 5.91 Å². The summed E-state index contributed by atoms with van der Waals surface area (Å²) in [5.74, 6) is 0.169. The highest BCUT2D eigenvalue weighted by atomic mass is 16.2. The molecular weight excluding hydrogens is 318 g/mol. The minimum Gasteiger partial charge on any atom is -0.339 e. The van der Waals surface area contributed by atoms with Crippen molar-refractivity contribution in [3.05, 3.63) is 36.5 Å². The van der Waals surface area contributed by atoms with Crippen molar-refractivity contribution in [3.63, 3.8) is 0 Å². The Morgan fingerprint density at radius 1 is 0.731 bits per heavy atom. The summed E-state index contributed by atoms with van der Waals surface area (Å²) in [6.45, 7) is 4.12. The van der Waals surface area contributed by atoms with Crippen LogP contribution in [0.25, 0.3) is 0 Å². The highest BCUT2D eigenvalue weighted by molar-refractivity contribution is 5.88. The molecule has 1 amide bonds.